The van der Waals surface area contributed by atoms with E-state index in [1.165, 1.54) is 0 Å². The maximum Gasteiger partial charge on any atom is 0.272 e. The maximum absolute atomic E-state index is 12.6. The lowest BCUT2D eigenvalue weighted by Gasteiger charge is -2.25. The number of rotatable bonds is 6. The van der Waals surface area contributed by atoms with Crippen molar-refractivity contribution < 1.29 is 19.0 Å². The average Bonchev–Trinajstić information content (AvgIpc) is 3.06. The summed E-state index contributed by atoms with van der Waals surface area (Å²) in [4.78, 5) is 12.6. The van der Waals surface area contributed by atoms with Crippen molar-refractivity contribution in [3.63, 3.8) is 0 Å². The van der Waals surface area contributed by atoms with Crippen LogP contribution in [0.2, 0.25) is 5.02 Å². The van der Waals surface area contributed by atoms with Gasteiger partial charge in [-0.3, -0.25) is 9.89 Å². The van der Waals surface area contributed by atoms with Gasteiger partial charge in [0.05, 0.1) is 37.1 Å². The van der Waals surface area contributed by atoms with Crippen LogP contribution in [0.3, 0.4) is 0 Å². The summed E-state index contributed by atoms with van der Waals surface area (Å²) in [5, 5.41) is 10.5. The number of methoxy groups -OCH3 is 2. The third-order valence-electron chi connectivity index (χ3n) is 4.69. The number of carbonyl (C=O) groups excluding carboxylic acids is 1. The molecule has 0 saturated carbocycles. The quantitative estimate of drug-likeness (QED) is 0.787. The monoisotopic (exact) mass is 393 g/mol. The fourth-order valence-corrected chi connectivity index (χ4v) is 3.71. The number of carbonyl (C=O) groups is 1. The van der Waals surface area contributed by atoms with Crippen molar-refractivity contribution in [1.29, 1.82) is 0 Å². The molecule has 3 rings (SSSR count). The topological polar surface area (TPSA) is 85.5 Å². The van der Waals surface area contributed by atoms with Crippen molar-refractivity contribution in [2.75, 3.05) is 20.8 Å². The Bertz CT molecular complexity index is 837. The van der Waals surface area contributed by atoms with E-state index in [2.05, 4.69) is 15.5 Å². The van der Waals surface area contributed by atoms with Crippen LogP contribution < -0.4 is 14.8 Å². The minimum absolute atomic E-state index is 0.0576. The molecule has 7 nitrogen and oxygen atoms in total. The molecule has 0 unspecified atom stereocenters. The third kappa shape index (κ3) is 3.89. The summed E-state index contributed by atoms with van der Waals surface area (Å²) in [6.07, 6.45) is 1.19. The third-order valence-corrected chi connectivity index (χ3v) is 5.11. The summed E-state index contributed by atoms with van der Waals surface area (Å²) in [6.45, 7) is 4.37. The van der Waals surface area contributed by atoms with Gasteiger partial charge in [-0.1, -0.05) is 17.7 Å². The van der Waals surface area contributed by atoms with Gasteiger partial charge >= 0.3 is 0 Å². The first kappa shape index (κ1) is 19.5. The molecule has 1 amide bonds. The fourth-order valence-electron chi connectivity index (χ4n) is 3.38. The zero-order valence-electron chi connectivity index (χ0n) is 15.9. The number of amides is 1. The molecule has 0 bridgehead atoms. The molecule has 1 aromatic heterocycles. The number of H-pyrrole nitrogens is 1. The zero-order valence-corrected chi connectivity index (χ0v) is 16.6. The summed E-state index contributed by atoms with van der Waals surface area (Å²) in [6, 6.07) is 3.67. The lowest BCUT2D eigenvalue weighted by Crippen LogP contribution is -2.29. The van der Waals surface area contributed by atoms with Gasteiger partial charge < -0.3 is 19.5 Å². The van der Waals surface area contributed by atoms with Gasteiger partial charge in [-0.15, -0.1) is 0 Å². The van der Waals surface area contributed by atoms with Crippen LogP contribution in [0.25, 0.3) is 0 Å². The number of nitrogens with one attached hydrogen (secondary N) is 2. The molecule has 0 radical (unpaired) electrons. The molecule has 1 aliphatic heterocycles. The van der Waals surface area contributed by atoms with E-state index in [4.69, 9.17) is 25.8 Å². The zero-order chi connectivity index (χ0) is 19.6. The van der Waals surface area contributed by atoms with Crippen molar-refractivity contribution in [2.45, 2.75) is 38.9 Å². The second-order valence-corrected chi connectivity index (χ2v) is 6.92. The molecule has 0 saturated heterocycles. The number of benzene rings is 1. The number of aromatic nitrogens is 2. The van der Waals surface area contributed by atoms with Crippen molar-refractivity contribution in [1.82, 2.24) is 15.5 Å². The van der Waals surface area contributed by atoms with E-state index in [0.717, 1.165) is 16.8 Å². The van der Waals surface area contributed by atoms with Gasteiger partial charge in [0, 0.05) is 18.5 Å². The number of hydrogen-bond acceptors (Lipinski definition) is 5. The SMILES string of the molecule is COc1ccc(CCNC(=O)c2n[nH]c3c2C[C@H](C)O[C@@H]3C)c(Cl)c1OC. The molecule has 2 atom stereocenters. The molecule has 2 aromatic rings. The van der Waals surface area contributed by atoms with Crippen LogP contribution in [-0.4, -0.2) is 43.0 Å². The van der Waals surface area contributed by atoms with E-state index in [9.17, 15) is 4.79 Å². The minimum atomic E-state index is -0.203. The first-order valence-corrected chi connectivity index (χ1v) is 9.24. The van der Waals surface area contributed by atoms with Crippen LogP contribution in [0.5, 0.6) is 11.5 Å². The molecule has 0 fully saturated rings. The van der Waals surface area contributed by atoms with E-state index in [0.29, 0.717) is 41.6 Å². The molecule has 8 heteroatoms. The Balaban J connectivity index is 1.66. The number of hydrogen-bond donors (Lipinski definition) is 2. The molecule has 0 spiro atoms. The molecular formula is C19H24ClN3O4. The second kappa shape index (κ2) is 8.19. The van der Waals surface area contributed by atoms with Crippen molar-refractivity contribution in [2.24, 2.45) is 0 Å². The van der Waals surface area contributed by atoms with Crippen molar-refractivity contribution in [3.8, 4) is 11.5 Å². The first-order valence-electron chi connectivity index (χ1n) is 8.86. The second-order valence-electron chi connectivity index (χ2n) is 6.54. The fraction of sp³-hybridized carbons (Fsp3) is 0.474. The lowest BCUT2D eigenvalue weighted by atomic mass is 9.99. The molecule has 1 aromatic carbocycles. The highest BCUT2D eigenvalue weighted by atomic mass is 35.5. The number of aromatic amines is 1. The van der Waals surface area contributed by atoms with Crippen molar-refractivity contribution >= 4 is 17.5 Å². The van der Waals surface area contributed by atoms with E-state index in [-0.39, 0.29) is 18.1 Å². The summed E-state index contributed by atoms with van der Waals surface area (Å²) < 4.78 is 16.3. The highest BCUT2D eigenvalue weighted by Crippen LogP contribution is 2.37. The average molecular weight is 394 g/mol. The summed E-state index contributed by atoms with van der Waals surface area (Å²) in [5.41, 5.74) is 3.11. The normalized spacial score (nSPS) is 18.7. The maximum atomic E-state index is 12.6. The molecule has 146 valence electrons. The van der Waals surface area contributed by atoms with Crippen LogP contribution >= 0.6 is 11.6 Å². The molecule has 2 heterocycles. The van der Waals surface area contributed by atoms with E-state index < -0.39 is 0 Å². The predicted molar refractivity (Wildman–Crippen MR) is 102 cm³/mol. The van der Waals surface area contributed by atoms with Crippen LogP contribution in [0.15, 0.2) is 12.1 Å². The standard InChI is InChI=1S/C19H24ClN3O4/c1-10-9-13-16(11(2)27-10)22-23-17(13)19(24)21-8-7-12-5-6-14(25-3)18(26-4)15(12)20/h5-6,10-11H,7-9H2,1-4H3,(H,21,24)(H,22,23)/t10-,11+/m0/s1. The van der Waals surface area contributed by atoms with Crippen LogP contribution in [0.4, 0.5) is 0 Å². The van der Waals surface area contributed by atoms with Crippen LogP contribution in [-0.2, 0) is 17.6 Å². The van der Waals surface area contributed by atoms with Gasteiger partial charge in [-0.2, -0.15) is 5.10 Å². The Morgan fingerprint density at radius 1 is 1.37 bits per heavy atom. The predicted octanol–water partition coefficient (Wildman–Crippen LogP) is 3.08. The molecule has 1 aliphatic rings. The van der Waals surface area contributed by atoms with Gasteiger partial charge in [0.25, 0.3) is 5.91 Å². The first-order chi connectivity index (χ1) is 13.0. The molecule has 27 heavy (non-hydrogen) atoms. The van der Waals surface area contributed by atoms with Crippen LogP contribution in [0, 0.1) is 0 Å². The molecular weight excluding hydrogens is 370 g/mol. The van der Waals surface area contributed by atoms with Crippen LogP contribution in [0.1, 0.15) is 47.3 Å². The molecule has 2 N–H and O–H groups in total. The van der Waals surface area contributed by atoms with E-state index >= 15 is 0 Å². The van der Waals surface area contributed by atoms with Crippen molar-refractivity contribution in [3.05, 3.63) is 39.7 Å². The van der Waals surface area contributed by atoms with E-state index in [1.807, 2.05) is 19.9 Å². The lowest BCUT2D eigenvalue weighted by molar-refractivity contribution is -0.00697. The Labute approximate surface area is 163 Å². The summed E-state index contributed by atoms with van der Waals surface area (Å²) in [5.74, 6) is 0.863. The minimum Gasteiger partial charge on any atom is -0.493 e. The van der Waals surface area contributed by atoms with Gasteiger partial charge in [-0.25, -0.2) is 0 Å². The number of ether oxygens (including phenoxy) is 3. The smallest absolute Gasteiger partial charge is 0.272 e. The van der Waals surface area contributed by atoms with Gasteiger partial charge in [0.2, 0.25) is 0 Å². The Hall–Kier alpha value is -2.25. The Morgan fingerprint density at radius 2 is 2.15 bits per heavy atom. The van der Waals surface area contributed by atoms with E-state index in [1.54, 1.807) is 20.3 Å². The highest BCUT2D eigenvalue weighted by Gasteiger charge is 2.29. The van der Waals surface area contributed by atoms with Gasteiger partial charge in [-0.05, 0) is 31.9 Å². The summed E-state index contributed by atoms with van der Waals surface area (Å²) in [7, 11) is 3.10. The molecule has 0 aliphatic carbocycles. The highest BCUT2D eigenvalue weighted by molar-refractivity contribution is 6.33. The van der Waals surface area contributed by atoms with Gasteiger partial charge in [0.15, 0.2) is 17.2 Å². The Morgan fingerprint density at radius 3 is 2.85 bits per heavy atom. The van der Waals surface area contributed by atoms with Gasteiger partial charge in [0.1, 0.15) is 0 Å². The number of nitrogens with zero attached hydrogens (tertiary/aromatic N) is 1. The number of halogens is 1. The largest absolute Gasteiger partial charge is 0.493 e. The summed E-state index contributed by atoms with van der Waals surface area (Å²) >= 11 is 6.39. The number of fused-ring (bicyclic) bond motifs is 1. The Kier molecular flexibility index (Phi) is 5.92.